The second kappa shape index (κ2) is 5.47. The first-order chi connectivity index (χ1) is 6.77. The molecule has 1 rings (SSSR count). The van der Waals surface area contributed by atoms with Crippen molar-refractivity contribution in [1.29, 1.82) is 0 Å². The van der Waals surface area contributed by atoms with Crippen LogP contribution in [-0.4, -0.2) is 13.7 Å². The maximum atomic E-state index is 13.2. The number of halogens is 1. The molecule has 0 aliphatic rings. The summed E-state index contributed by atoms with van der Waals surface area (Å²) < 4.78 is 18.2. The Balaban J connectivity index is 2.64. The third-order valence-electron chi connectivity index (χ3n) is 2.02. The lowest BCUT2D eigenvalue weighted by atomic mass is 10.2. The molecule has 0 radical (unpaired) electrons. The first kappa shape index (κ1) is 10.8. The van der Waals surface area contributed by atoms with E-state index >= 15 is 0 Å². The topological polar surface area (TPSA) is 21.3 Å². The summed E-state index contributed by atoms with van der Waals surface area (Å²) in [4.78, 5) is 0. The van der Waals surface area contributed by atoms with Gasteiger partial charge in [-0.25, -0.2) is 4.39 Å². The quantitative estimate of drug-likeness (QED) is 0.732. The third-order valence-corrected chi connectivity index (χ3v) is 2.02. The van der Waals surface area contributed by atoms with Crippen molar-refractivity contribution in [2.24, 2.45) is 0 Å². The number of anilines is 1. The van der Waals surface area contributed by atoms with Gasteiger partial charge in [0.15, 0.2) is 0 Å². The molecule has 2 nitrogen and oxygen atoms in total. The Labute approximate surface area is 84.1 Å². The lowest BCUT2D eigenvalue weighted by Gasteiger charge is -2.08. The zero-order chi connectivity index (χ0) is 10.4. The van der Waals surface area contributed by atoms with E-state index in [1.54, 1.807) is 19.2 Å². The van der Waals surface area contributed by atoms with Crippen molar-refractivity contribution < 1.29 is 9.13 Å². The Morgan fingerprint density at radius 3 is 2.86 bits per heavy atom. The Morgan fingerprint density at radius 1 is 1.43 bits per heavy atom. The molecule has 0 aromatic heterocycles. The van der Waals surface area contributed by atoms with E-state index < -0.39 is 0 Å². The number of unbranched alkanes of at least 4 members (excludes halogenated alkanes) is 1. The number of nitrogens with one attached hydrogen (secondary N) is 1. The Morgan fingerprint density at radius 2 is 2.21 bits per heavy atom. The van der Waals surface area contributed by atoms with Crippen molar-refractivity contribution in [3.8, 4) is 5.75 Å². The van der Waals surface area contributed by atoms with E-state index in [-0.39, 0.29) is 5.82 Å². The molecule has 3 heteroatoms. The van der Waals surface area contributed by atoms with Crippen molar-refractivity contribution in [3.63, 3.8) is 0 Å². The Hall–Kier alpha value is -1.25. The van der Waals surface area contributed by atoms with Gasteiger partial charge >= 0.3 is 0 Å². The normalized spacial score (nSPS) is 9.93. The Kier molecular flexibility index (Phi) is 4.23. The average Bonchev–Trinajstić information content (AvgIpc) is 2.21. The number of ether oxygens (including phenoxy) is 1. The van der Waals surface area contributed by atoms with Gasteiger partial charge in [0.2, 0.25) is 0 Å². The number of hydrogen-bond acceptors (Lipinski definition) is 2. The number of methoxy groups -OCH3 is 1. The SMILES string of the molecule is CCCCNc1cc(OC)ccc1F. The molecule has 0 fully saturated rings. The maximum absolute atomic E-state index is 13.2. The monoisotopic (exact) mass is 197 g/mol. The number of rotatable bonds is 5. The minimum atomic E-state index is -0.234. The van der Waals surface area contributed by atoms with E-state index in [4.69, 9.17) is 4.74 Å². The average molecular weight is 197 g/mol. The van der Waals surface area contributed by atoms with Crippen LogP contribution in [0.2, 0.25) is 0 Å². The highest BCUT2D eigenvalue weighted by molar-refractivity contribution is 5.49. The maximum Gasteiger partial charge on any atom is 0.146 e. The molecular weight excluding hydrogens is 181 g/mol. The molecule has 0 unspecified atom stereocenters. The third kappa shape index (κ3) is 2.91. The fourth-order valence-electron chi connectivity index (χ4n) is 1.17. The standard InChI is InChI=1S/C11H16FNO/c1-3-4-7-13-11-8-9(14-2)5-6-10(11)12/h5-6,8,13H,3-4,7H2,1-2H3. The predicted octanol–water partition coefficient (Wildman–Crippen LogP) is 3.05. The molecule has 78 valence electrons. The van der Waals surface area contributed by atoms with Gasteiger partial charge in [0.1, 0.15) is 11.6 Å². The molecule has 0 saturated heterocycles. The van der Waals surface area contributed by atoms with Crippen LogP contribution in [0.3, 0.4) is 0 Å². The van der Waals surface area contributed by atoms with Crippen molar-refractivity contribution in [3.05, 3.63) is 24.0 Å². The van der Waals surface area contributed by atoms with Crippen molar-refractivity contribution in [2.45, 2.75) is 19.8 Å². The van der Waals surface area contributed by atoms with Gasteiger partial charge in [-0.15, -0.1) is 0 Å². The summed E-state index contributed by atoms with van der Waals surface area (Å²) in [5.41, 5.74) is 0.512. The lowest BCUT2D eigenvalue weighted by Crippen LogP contribution is -2.03. The number of hydrogen-bond donors (Lipinski definition) is 1. The van der Waals surface area contributed by atoms with Crippen molar-refractivity contribution in [2.75, 3.05) is 19.0 Å². The molecule has 0 atom stereocenters. The first-order valence-electron chi connectivity index (χ1n) is 4.85. The van der Waals surface area contributed by atoms with Crippen LogP contribution in [0.15, 0.2) is 18.2 Å². The minimum absolute atomic E-state index is 0.234. The predicted molar refractivity (Wildman–Crippen MR) is 56.3 cm³/mol. The van der Waals surface area contributed by atoms with E-state index in [9.17, 15) is 4.39 Å². The molecule has 1 N–H and O–H groups in total. The smallest absolute Gasteiger partial charge is 0.146 e. The zero-order valence-corrected chi connectivity index (χ0v) is 8.64. The van der Waals surface area contributed by atoms with E-state index in [0.717, 1.165) is 19.4 Å². The zero-order valence-electron chi connectivity index (χ0n) is 8.64. The van der Waals surface area contributed by atoms with Crippen LogP contribution < -0.4 is 10.1 Å². The van der Waals surface area contributed by atoms with Crippen LogP contribution in [-0.2, 0) is 0 Å². The van der Waals surface area contributed by atoms with Crippen molar-refractivity contribution in [1.82, 2.24) is 0 Å². The summed E-state index contributed by atoms with van der Waals surface area (Å²) in [7, 11) is 1.57. The molecule has 0 heterocycles. The van der Waals surface area contributed by atoms with Gasteiger partial charge in [0.25, 0.3) is 0 Å². The summed E-state index contributed by atoms with van der Waals surface area (Å²) >= 11 is 0. The van der Waals surface area contributed by atoms with Crippen LogP contribution in [0, 0.1) is 5.82 Å². The summed E-state index contributed by atoms with van der Waals surface area (Å²) in [5.74, 6) is 0.437. The summed E-state index contributed by atoms with van der Waals surface area (Å²) in [6.07, 6.45) is 2.13. The highest BCUT2D eigenvalue weighted by Gasteiger charge is 2.02. The fourth-order valence-corrected chi connectivity index (χ4v) is 1.17. The Bertz CT molecular complexity index is 289. The first-order valence-corrected chi connectivity index (χ1v) is 4.85. The minimum Gasteiger partial charge on any atom is -0.497 e. The molecule has 1 aromatic carbocycles. The fraction of sp³-hybridized carbons (Fsp3) is 0.455. The van der Waals surface area contributed by atoms with E-state index in [1.807, 2.05) is 0 Å². The van der Waals surface area contributed by atoms with Gasteiger partial charge < -0.3 is 10.1 Å². The van der Waals surface area contributed by atoms with Crippen LogP contribution in [0.5, 0.6) is 5.75 Å². The van der Waals surface area contributed by atoms with E-state index in [0.29, 0.717) is 11.4 Å². The highest BCUT2D eigenvalue weighted by atomic mass is 19.1. The van der Waals surface area contributed by atoms with Gasteiger partial charge in [-0.2, -0.15) is 0 Å². The van der Waals surface area contributed by atoms with Crippen LogP contribution in [0.1, 0.15) is 19.8 Å². The number of benzene rings is 1. The van der Waals surface area contributed by atoms with Crippen LogP contribution in [0.4, 0.5) is 10.1 Å². The second-order valence-electron chi connectivity index (χ2n) is 3.13. The second-order valence-corrected chi connectivity index (χ2v) is 3.13. The summed E-state index contributed by atoms with van der Waals surface area (Å²) in [6, 6.07) is 4.69. The van der Waals surface area contributed by atoms with E-state index in [1.165, 1.54) is 6.07 Å². The van der Waals surface area contributed by atoms with Gasteiger partial charge in [0.05, 0.1) is 12.8 Å². The van der Waals surface area contributed by atoms with Gasteiger partial charge in [-0.1, -0.05) is 13.3 Å². The molecular formula is C11H16FNO. The summed E-state index contributed by atoms with van der Waals surface area (Å²) in [6.45, 7) is 2.89. The van der Waals surface area contributed by atoms with Gasteiger partial charge in [0, 0.05) is 12.6 Å². The largest absolute Gasteiger partial charge is 0.497 e. The molecule has 1 aromatic rings. The highest BCUT2D eigenvalue weighted by Crippen LogP contribution is 2.20. The molecule has 0 aliphatic carbocycles. The van der Waals surface area contributed by atoms with E-state index in [2.05, 4.69) is 12.2 Å². The molecule has 0 spiro atoms. The molecule has 0 bridgehead atoms. The van der Waals surface area contributed by atoms with Gasteiger partial charge in [-0.05, 0) is 18.6 Å². The van der Waals surface area contributed by atoms with Gasteiger partial charge in [-0.3, -0.25) is 0 Å². The summed E-state index contributed by atoms with van der Waals surface area (Å²) in [5, 5.41) is 3.03. The molecule has 0 amide bonds. The van der Waals surface area contributed by atoms with Crippen LogP contribution >= 0.6 is 0 Å². The van der Waals surface area contributed by atoms with Crippen LogP contribution in [0.25, 0.3) is 0 Å². The lowest BCUT2D eigenvalue weighted by molar-refractivity contribution is 0.414. The molecule has 0 aliphatic heterocycles. The molecule has 14 heavy (non-hydrogen) atoms. The molecule has 0 saturated carbocycles. The van der Waals surface area contributed by atoms with Crippen molar-refractivity contribution >= 4 is 5.69 Å².